The monoisotopic (exact) mass is 142 g/mol. The van der Waals surface area contributed by atoms with E-state index in [4.69, 9.17) is 5.73 Å². The zero-order valence-corrected chi connectivity index (χ0v) is 5.31. The normalized spacial score (nSPS) is 9.70. The number of nitrogens with zero attached hydrogens (tertiary/aromatic N) is 3. The molecule has 0 aliphatic carbocycles. The van der Waals surface area contributed by atoms with Gasteiger partial charge in [0.25, 0.3) is 0 Å². The molecule has 1 heterocycles. The molecule has 0 fully saturated rings. The first-order valence-electron chi connectivity index (χ1n) is 2.55. The molecule has 2 N–H and O–H groups in total. The average molecular weight is 142 g/mol. The molecule has 0 aromatic carbocycles. The molecule has 0 aliphatic heterocycles. The van der Waals surface area contributed by atoms with Gasteiger partial charge in [0.05, 0.1) is 6.07 Å². The van der Waals surface area contributed by atoms with Gasteiger partial charge in [-0.15, -0.1) is 4.68 Å². The van der Waals surface area contributed by atoms with Crippen molar-refractivity contribution in [2.45, 2.75) is 0 Å². The van der Waals surface area contributed by atoms with E-state index < -0.39 is 4.92 Å². The Morgan fingerprint density at radius 2 is 2.50 bits per heavy atom. The van der Waals surface area contributed by atoms with Gasteiger partial charge in [0.2, 0.25) is 0 Å². The van der Waals surface area contributed by atoms with Crippen LogP contribution in [0.4, 0.5) is 11.6 Å². The Labute approximate surface area is 56.4 Å². The summed E-state index contributed by atoms with van der Waals surface area (Å²) in [5.74, 6) is 0.0618. The quantitative estimate of drug-likeness (QED) is 0.438. The fourth-order valence-electron chi connectivity index (χ4n) is 0.650. The minimum absolute atomic E-state index is 0.0995. The lowest BCUT2D eigenvalue weighted by Crippen LogP contribution is -1.98. The maximum Gasteiger partial charge on any atom is 0.346 e. The largest absolute Gasteiger partial charge is 0.380 e. The summed E-state index contributed by atoms with van der Waals surface area (Å²) in [4.78, 5) is 9.59. The number of nitrogen functional groups attached to an aromatic ring is 1. The molecular formula is C4H6N4O2. The molecular weight excluding hydrogens is 136 g/mol. The number of nitro groups is 1. The Hall–Kier alpha value is -1.59. The van der Waals surface area contributed by atoms with Crippen LogP contribution in [0.15, 0.2) is 6.07 Å². The van der Waals surface area contributed by atoms with Crippen LogP contribution in [0.25, 0.3) is 0 Å². The zero-order chi connectivity index (χ0) is 7.72. The van der Waals surface area contributed by atoms with Crippen LogP contribution >= 0.6 is 0 Å². The van der Waals surface area contributed by atoms with Crippen LogP contribution in [0.1, 0.15) is 0 Å². The maximum absolute atomic E-state index is 10.1. The van der Waals surface area contributed by atoms with E-state index in [1.54, 1.807) is 0 Å². The summed E-state index contributed by atoms with van der Waals surface area (Å²) in [6.07, 6.45) is 0. The summed E-state index contributed by atoms with van der Waals surface area (Å²) in [5, 5.41) is 13.7. The number of hydrogen-bond donors (Lipinski definition) is 1. The molecule has 0 amide bonds. The Bertz CT molecular complexity index is 266. The number of anilines is 1. The van der Waals surface area contributed by atoms with Gasteiger partial charge in [0, 0.05) is 0 Å². The maximum atomic E-state index is 10.1. The summed E-state index contributed by atoms with van der Waals surface area (Å²) in [6, 6.07) is 1.21. The van der Waals surface area contributed by atoms with Gasteiger partial charge in [-0.1, -0.05) is 5.10 Å². The summed E-state index contributed by atoms with van der Waals surface area (Å²) in [7, 11) is 1.47. The predicted molar refractivity (Wildman–Crippen MR) is 34.3 cm³/mol. The molecule has 1 aromatic heterocycles. The molecule has 0 spiro atoms. The number of aryl methyl sites for hydroxylation is 1. The van der Waals surface area contributed by atoms with E-state index in [-0.39, 0.29) is 11.6 Å². The van der Waals surface area contributed by atoms with E-state index >= 15 is 0 Å². The second kappa shape index (κ2) is 1.98. The second-order valence-electron chi connectivity index (χ2n) is 1.81. The molecule has 0 unspecified atom stereocenters. The lowest BCUT2D eigenvalue weighted by atomic mass is 10.6. The van der Waals surface area contributed by atoms with E-state index in [1.807, 2.05) is 0 Å². The van der Waals surface area contributed by atoms with Gasteiger partial charge in [-0.05, 0) is 4.92 Å². The van der Waals surface area contributed by atoms with Crippen LogP contribution in [0.5, 0.6) is 0 Å². The van der Waals surface area contributed by atoms with Crippen molar-refractivity contribution in [3.05, 3.63) is 16.2 Å². The van der Waals surface area contributed by atoms with Crippen molar-refractivity contribution in [1.29, 1.82) is 0 Å². The lowest BCUT2D eigenvalue weighted by Gasteiger charge is -1.88. The van der Waals surface area contributed by atoms with Crippen LogP contribution < -0.4 is 5.73 Å². The third-order valence-electron chi connectivity index (χ3n) is 1.06. The highest BCUT2D eigenvalue weighted by atomic mass is 16.6. The fraction of sp³-hybridized carbons (Fsp3) is 0.250. The highest BCUT2D eigenvalue weighted by molar-refractivity contribution is 5.36. The molecule has 0 aliphatic rings. The van der Waals surface area contributed by atoms with Crippen molar-refractivity contribution >= 4 is 11.6 Å². The first-order valence-corrected chi connectivity index (χ1v) is 2.55. The third-order valence-corrected chi connectivity index (χ3v) is 1.06. The molecule has 0 radical (unpaired) electrons. The SMILES string of the molecule is Cn1nc(N)cc1[N+](=O)[O-]. The summed E-state index contributed by atoms with van der Waals surface area (Å²) < 4.78 is 1.12. The van der Waals surface area contributed by atoms with Crippen molar-refractivity contribution in [2.24, 2.45) is 7.05 Å². The van der Waals surface area contributed by atoms with Gasteiger partial charge in [-0.25, -0.2) is 0 Å². The molecule has 1 aromatic rings. The van der Waals surface area contributed by atoms with Crippen molar-refractivity contribution in [2.75, 3.05) is 5.73 Å². The Morgan fingerprint density at radius 1 is 1.90 bits per heavy atom. The fourth-order valence-corrected chi connectivity index (χ4v) is 0.650. The molecule has 6 nitrogen and oxygen atoms in total. The molecule has 1 rings (SSSR count). The number of aromatic nitrogens is 2. The molecule has 0 saturated heterocycles. The van der Waals surface area contributed by atoms with Gasteiger partial charge in [0.15, 0.2) is 5.82 Å². The minimum atomic E-state index is -0.538. The molecule has 0 bridgehead atoms. The Kier molecular flexibility index (Phi) is 1.29. The van der Waals surface area contributed by atoms with E-state index in [0.29, 0.717) is 0 Å². The van der Waals surface area contributed by atoms with Gasteiger partial charge < -0.3 is 15.8 Å². The van der Waals surface area contributed by atoms with Gasteiger partial charge in [-0.2, -0.15) is 0 Å². The van der Waals surface area contributed by atoms with Crippen molar-refractivity contribution in [1.82, 2.24) is 9.78 Å². The van der Waals surface area contributed by atoms with Crippen LogP contribution in [-0.2, 0) is 7.05 Å². The lowest BCUT2D eigenvalue weighted by molar-refractivity contribution is -0.392. The van der Waals surface area contributed by atoms with E-state index in [1.165, 1.54) is 13.1 Å². The van der Waals surface area contributed by atoms with Crippen molar-refractivity contribution in [3.8, 4) is 0 Å². The number of nitrogens with two attached hydrogens (primary N) is 1. The second-order valence-corrected chi connectivity index (χ2v) is 1.81. The van der Waals surface area contributed by atoms with Crippen LogP contribution in [0, 0.1) is 10.1 Å². The first kappa shape index (κ1) is 6.53. The van der Waals surface area contributed by atoms with Crippen LogP contribution in [0.2, 0.25) is 0 Å². The molecule has 6 heteroatoms. The Morgan fingerprint density at radius 3 is 2.70 bits per heavy atom. The molecule has 0 atom stereocenters. The van der Waals surface area contributed by atoms with Gasteiger partial charge >= 0.3 is 5.82 Å². The highest BCUT2D eigenvalue weighted by Gasteiger charge is 2.11. The average Bonchev–Trinajstić information content (AvgIpc) is 2.10. The summed E-state index contributed by atoms with van der Waals surface area (Å²) in [5.41, 5.74) is 5.18. The molecule has 0 saturated carbocycles. The van der Waals surface area contributed by atoms with Crippen molar-refractivity contribution < 1.29 is 4.92 Å². The van der Waals surface area contributed by atoms with Gasteiger partial charge in [0.1, 0.15) is 7.05 Å². The smallest absolute Gasteiger partial charge is 0.346 e. The highest BCUT2D eigenvalue weighted by Crippen LogP contribution is 2.11. The molecule has 54 valence electrons. The summed E-state index contributed by atoms with van der Waals surface area (Å²) in [6.45, 7) is 0. The summed E-state index contributed by atoms with van der Waals surface area (Å²) >= 11 is 0. The topological polar surface area (TPSA) is 87.0 Å². The standard InChI is InChI=1S/C4H6N4O2/c1-7-4(8(9)10)2-3(5)6-7/h2H,1H3,(H2,5,6). The number of rotatable bonds is 1. The van der Waals surface area contributed by atoms with Crippen molar-refractivity contribution in [3.63, 3.8) is 0 Å². The Balaban J connectivity index is 3.15. The molecule has 10 heavy (non-hydrogen) atoms. The van der Waals surface area contributed by atoms with Gasteiger partial charge in [-0.3, -0.25) is 0 Å². The van der Waals surface area contributed by atoms with E-state index in [0.717, 1.165) is 4.68 Å². The van der Waals surface area contributed by atoms with E-state index in [9.17, 15) is 10.1 Å². The van der Waals surface area contributed by atoms with E-state index in [2.05, 4.69) is 5.10 Å². The van der Waals surface area contributed by atoms with Crippen LogP contribution in [0.3, 0.4) is 0 Å². The predicted octanol–water partition coefficient (Wildman–Crippen LogP) is -0.0895. The number of hydrogen-bond acceptors (Lipinski definition) is 4. The van der Waals surface area contributed by atoms with Crippen LogP contribution in [-0.4, -0.2) is 14.7 Å². The zero-order valence-electron chi connectivity index (χ0n) is 5.31. The minimum Gasteiger partial charge on any atom is -0.380 e. The third kappa shape index (κ3) is 0.903. The first-order chi connectivity index (χ1) is 4.61.